The van der Waals surface area contributed by atoms with Crippen molar-refractivity contribution in [2.24, 2.45) is 11.3 Å². The molecule has 0 radical (unpaired) electrons. The van der Waals surface area contributed by atoms with Gasteiger partial charge in [0.15, 0.2) is 0 Å². The number of carbonyl (C=O) groups excluding carboxylic acids is 1. The molecule has 2 aliphatic rings. The summed E-state index contributed by atoms with van der Waals surface area (Å²) in [5.74, 6) is 0.551. The smallest absolute Gasteiger partial charge is 0.223 e. The van der Waals surface area contributed by atoms with E-state index < -0.39 is 0 Å². The van der Waals surface area contributed by atoms with E-state index in [9.17, 15) is 4.79 Å². The highest BCUT2D eigenvalue weighted by molar-refractivity contribution is 5.85. The Bertz CT molecular complexity index is 255. The van der Waals surface area contributed by atoms with E-state index in [1.165, 1.54) is 12.8 Å². The highest BCUT2D eigenvalue weighted by Crippen LogP contribution is 2.58. The number of rotatable bonds is 5. The van der Waals surface area contributed by atoms with Gasteiger partial charge in [-0.25, -0.2) is 0 Å². The number of amides is 1. The SMILES string of the molecule is COCCCNC(=O)C1CC12CCNCC2.Cl. The molecule has 1 unspecified atom stereocenters. The van der Waals surface area contributed by atoms with Crippen molar-refractivity contribution >= 4 is 18.3 Å². The van der Waals surface area contributed by atoms with E-state index in [2.05, 4.69) is 10.6 Å². The number of nitrogens with one attached hydrogen (secondary N) is 2. The van der Waals surface area contributed by atoms with Crippen LogP contribution in [0.2, 0.25) is 0 Å². The third-order valence-corrected chi connectivity index (χ3v) is 3.93. The summed E-state index contributed by atoms with van der Waals surface area (Å²) in [6.45, 7) is 3.62. The predicted octanol–water partition coefficient (Wildman–Crippen LogP) is 0.951. The van der Waals surface area contributed by atoms with Crippen LogP contribution < -0.4 is 10.6 Å². The molecular formula is C12H23ClN2O2. The first kappa shape index (κ1) is 14.7. The third-order valence-electron chi connectivity index (χ3n) is 3.93. The maximum absolute atomic E-state index is 11.9. The molecule has 0 aromatic rings. The molecule has 17 heavy (non-hydrogen) atoms. The molecule has 1 atom stereocenters. The van der Waals surface area contributed by atoms with E-state index in [4.69, 9.17) is 4.74 Å². The number of hydrogen-bond acceptors (Lipinski definition) is 3. The summed E-state index contributed by atoms with van der Waals surface area (Å²) in [4.78, 5) is 11.9. The van der Waals surface area contributed by atoms with Gasteiger partial charge in [-0.2, -0.15) is 0 Å². The first-order chi connectivity index (χ1) is 7.78. The second-order valence-corrected chi connectivity index (χ2v) is 5.01. The van der Waals surface area contributed by atoms with Crippen LogP contribution in [-0.4, -0.2) is 39.3 Å². The van der Waals surface area contributed by atoms with Crippen molar-refractivity contribution in [3.8, 4) is 0 Å². The zero-order valence-electron chi connectivity index (χ0n) is 10.5. The lowest BCUT2D eigenvalue weighted by molar-refractivity contribution is -0.123. The predicted molar refractivity (Wildman–Crippen MR) is 69.4 cm³/mol. The average Bonchev–Trinajstić information content (AvgIpc) is 2.99. The fourth-order valence-corrected chi connectivity index (χ4v) is 2.75. The molecular weight excluding hydrogens is 240 g/mol. The number of ether oxygens (including phenoxy) is 1. The second-order valence-electron chi connectivity index (χ2n) is 5.01. The van der Waals surface area contributed by atoms with E-state index in [1.807, 2.05) is 0 Å². The van der Waals surface area contributed by atoms with Crippen LogP contribution >= 0.6 is 12.4 Å². The monoisotopic (exact) mass is 262 g/mol. The summed E-state index contributed by atoms with van der Waals surface area (Å²) in [6, 6.07) is 0. The summed E-state index contributed by atoms with van der Waals surface area (Å²) in [6.07, 6.45) is 4.35. The molecule has 0 aromatic heterocycles. The topological polar surface area (TPSA) is 50.4 Å². The van der Waals surface area contributed by atoms with Crippen molar-refractivity contribution in [2.75, 3.05) is 33.4 Å². The molecule has 2 fully saturated rings. The van der Waals surface area contributed by atoms with Crippen LogP contribution in [0.25, 0.3) is 0 Å². The van der Waals surface area contributed by atoms with Gasteiger partial charge >= 0.3 is 0 Å². The maximum Gasteiger partial charge on any atom is 0.223 e. The van der Waals surface area contributed by atoms with E-state index in [1.54, 1.807) is 7.11 Å². The van der Waals surface area contributed by atoms with Crippen LogP contribution in [0.1, 0.15) is 25.7 Å². The molecule has 1 saturated heterocycles. The quantitative estimate of drug-likeness (QED) is 0.726. The Hall–Kier alpha value is -0.320. The summed E-state index contributed by atoms with van der Waals surface area (Å²) in [7, 11) is 1.69. The van der Waals surface area contributed by atoms with Gasteiger partial charge in [0.25, 0.3) is 0 Å². The summed E-state index contributed by atoms with van der Waals surface area (Å²) in [5, 5.41) is 6.36. The van der Waals surface area contributed by atoms with Gasteiger partial charge in [0, 0.05) is 26.2 Å². The van der Waals surface area contributed by atoms with Crippen LogP contribution in [-0.2, 0) is 9.53 Å². The van der Waals surface area contributed by atoms with Crippen molar-refractivity contribution in [1.82, 2.24) is 10.6 Å². The maximum atomic E-state index is 11.9. The molecule has 0 aromatic carbocycles. The molecule has 5 heteroatoms. The fraction of sp³-hybridized carbons (Fsp3) is 0.917. The fourth-order valence-electron chi connectivity index (χ4n) is 2.75. The zero-order chi connectivity index (χ0) is 11.4. The van der Waals surface area contributed by atoms with E-state index in [0.29, 0.717) is 5.41 Å². The lowest BCUT2D eigenvalue weighted by Gasteiger charge is -2.23. The van der Waals surface area contributed by atoms with Gasteiger partial charge in [-0.05, 0) is 44.2 Å². The van der Waals surface area contributed by atoms with Crippen molar-refractivity contribution < 1.29 is 9.53 Å². The van der Waals surface area contributed by atoms with E-state index >= 15 is 0 Å². The lowest BCUT2D eigenvalue weighted by Crippen LogP contribution is -2.34. The van der Waals surface area contributed by atoms with Crippen LogP contribution in [0.5, 0.6) is 0 Å². The average molecular weight is 263 g/mol. The number of methoxy groups -OCH3 is 1. The Morgan fingerprint density at radius 1 is 1.47 bits per heavy atom. The molecule has 1 heterocycles. The Kier molecular flexibility index (Phi) is 5.70. The van der Waals surface area contributed by atoms with Gasteiger partial charge in [-0.1, -0.05) is 0 Å². The third kappa shape index (κ3) is 3.57. The number of carbonyl (C=O) groups is 1. The van der Waals surface area contributed by atoms with Gasteiger partial charge in [0.1, 0.15) is 0 Å². The second kappa shape index (κ2) is 6.57. The van der Waals surface area contributed by atoms with Crippen molar-refractivity contribution in [3.05, 3.63) is 0 Å². The molecule has 1 aliphatic carbocycles. The molecule has 100 valence electrons. The minimum absolute atomic E-state index is 0. The van der Waals surface area contributed by atoms with E-state index in [0.717, 1.165) is 39.1 Å². The molecule has 0 bridgehead atoms. The largest absolute Gasteiger partial charge is 0.385 e. The molecule has 1 amide bonds. The van der Waals surface area contributed by atoms with Crippen LogP contribution in [0, 0.1) is 11.3 Å². The summed E-state index contributed by atoms with van der Waals surface area (Å²) < 4.78 is 4.95. The number of piperidine rings is 1. The highest BCUT2D eigenvalue weighted by Gasteiger charge is 2.57. The van der Waals surface area contributed by atoms with Gasteiger partial charge in [-0.3, -0.25) is 4.79 Å². The Balaban J connectivity index is 0.00000144. The van der Waals surface area contributed by atoms with Crippen molar-refractivity contribution in [1.29, 1.82) is 0 Å². The van der Waals surface area contributed by atoms with Gasteiger partial charge in [-0.15, -0.1) is 12.4 Å². The van der Waals surface area contributed by atoms with Gasteiger partial charge in [0.05, 0.1) is 0 Å². The van der Waals surface area contributed by atoms with Crippen LogP contribution in [0.4, 0.5) is 0 Å². The number of halogens is 1. The minimum Gasteiger partial charge on any atom is -0.385 e. The molecule has 2 N–H and O–H groups in total. The minimum atomic E-state index is 0. The molecule has 4 nitrogen and oxygen atoms in total. The van der Waals surface area contributed by atoms with Crippen molar-refractivity contribution in [3.63, 3.8) is 0 Å². The van der Waals surface area contributed by atoms with Gasteiger partial charge in [0.2, 0.25) is 5.91 Å². The first-order valence-corrected chi connectivity index (χ1v) is 6.26. The van der Waals surface area contributed by atoms with Crippen LogP contribution in [0.3, 0.4) is 0 Å². The first-order valence-electron chi connectivity index (χ1n) is 6.26. The molecule has 1 spiro atoms. The Morgan fingerprint density at radius 2 is 2.18 bits per heavy atom. The zero-order valence-corrected chi connectivity index (χ0v) is 11.3. The lowest BCUT2D eigenvalue weighted by atomic mass is 9.92. The van der Waals surface area contributed by atoms with Crippen LogP contribution in [0.15, 0.2) is 0 Å². The van der Waals surface area contributed by atoms with E-state index in [-0.39, 0.29) is 24.2 Å². The van der Waals surface area contributed by atoms with Crippen molar-refractivity contribution in [2.45, 2.75) is 25.7 Å². The standard InChI is InChI=1S/C12H22N2O2.ClH/c1-16-8-2-5-14-11(15)10-9-12(10)3-6-13-7-4-12;/h10,13H,2-9H2,1H3,(H,14,15);1H. The Labute approximate surface area is 109 Å². The Morgan fingerprint density at radius 3 is 2.82 bits per heavy atom. The molecule has 1 saturated carbocycles. The molecule has 2 rings (SSSR count). The highest BCUT2D eigenvalue weighted by atomic mass is 35.5. The van der Waals surface area contributed by atoms with Gasteiger partial charge < -0.3 is 15.4 Å². The molecule has 1 aliphatic heterocycles. The number of hydrogen-bond donors (Lipinski definition) is 2. The summed E-state index contributed by atoms with van der Waals surface area (Å²) in [5.41, 5.74) is 0.358. The summed E-state index contributed by atoms with van der Waals surface area (Å²) >= 11 is 0. The normalized spacial score (nSPS) is 25.1.